The van der Waals surface area contributed by atoms with Gasteiger partial charge in [-0.3, -0.25) is 0 Å². The molecule has 20 heavy (non-hydrogen) atoms. The minimum Gasteiger partial charge on any atom is -0.394 e. The summed E-state index contributed by atoms with van der Waals surface area (Å²) >= 11 is 7.81. The second kappa shape index (κ2) is 9.67. The third-order valence-corrected chi connectivity index (χ3v) is 4.65. The summed E-state index contributed by atoms with van der Waals surface area (Å²) < 4.78 is 0. The minimum absolute atomic E-state index is 0.128. The lowest BCUT2D eigenvalue weighted by atomic mass is 9.96. The average molecular weight is 316 g/mol. The molecule has 0 fully saturated rings. The van der Waals surface area contributed by atoms with Crippen LogP contribution in [0.25, 0.3) is 0 Å². The Balaban J connectivity index is 2.20. The molecule has 0 saturated heterocycles. The van der Waals surface area contributed by atoms with E-state index in [4.69, 9.17) is 11.6 Å². The third-order valence-electron chi connectivity index (χ3n) is 3.34. The summed E-state index contributed by atoms with van der Waals surface area (Å²) in [5, 5.41) is 13.7. The highest BCUT2D eigenvalue weighted by Gasteiger charge is 2.21. The van der Waals surface area contributed by atoms with Crippen molar-refractivity contribution in [3.05, 3.63) is 29.3 Å². The molecule has 1 rings (SSSR count). The van der Waals surface area contributed by atoms with E-state index in [1.165, 1.54) is 4.90 Å². The Morgan fingerprint density at radius 1 is 1.35 bits per heavy atom. The van der Waals surface area contributed by atoms with Crippen LogP contribution in [0.1, 0.15) is 39.5 Å². The van der Waals surface area contributed by atoms with E-state index in [1.54, 1.807) is 0 Å². The van der Waals surface area contributed by atoms with Gasteiger partial charge in [-0.25, -0.2) is 0 Å². The lowest BCUT2D eigenvalue weighted by Crippen LogP contribution is -2.46. The van der Waals surface area contributed by atoms with Gasteiger partial charge >= 0.3 is 0 Å². The molecule has 1 atom stereocenters. The summed E-state index contributed by atoms with van der Waals surface area (Å²) in [5.74, 6) is 1.09. The number of thioether (sulfide) groups is 1. The molecule has 0 amide bonds. The van der Waals surface area contributed by atoms with Crippen LogP contribution >= 0.6 is 23.4 Å². The Bertz CT molecular complexity index is 388. The van der Waals surface area contributed by atoms with E-state index < -0.39 is 0 Å². The molecule has 0 saturated carbocycles. The molecule has 0 bridgehead atoms. The van der Waals surface area contributed by atoms with E-state index in [-0.39, 0.29) is 12.1 Å². The monoisotopic (exact) mass is 315 g/mol. The Morgan fingerprint density at radius 3 is 2.80 bits per heavy atom. The standard InChI is InChI=1S/C16H26ClNOS/c1-3-10-18-16(2,13-19)9-4-5-11-20-15-8-6-7-14(17)12-15/h6-8,12,18-19H,3-5,9-11,13H2,1-2H3. The first kappa shape index (κ1) is 17.8. The van der Waals surface area contributed by atoms with Crippen LogP contribution in [-0.2, 0) is 0 Å². The zero-order valence-corrected chi connectivity index (χ0v) is 14.1. The van der Waals surface area contributed by atoms with Gasteiger partial charge in [0.2, 0.25) is 0 Å². The number of hydrogen-bond donors (Lipinski definition) is 2. The van der Waals surface area contributed by atoms with Crippen LogP contribution in [0.2, 0.25) is 5.02 Å². The Labute approximate surface area is 132 Å². The first-order valence-electron chi connectivity index (χ1n) is 7.34. The number of unbranched alkanes of at least 4 members (excludes halogenated alkanes) is 1. The van der Waals surface area contributed by atoms with Crippen LogP contribution in [0.15, 0.2) is 29.2 Å². The SMILES string of the molecule is CCCNC(C)(CO)CCCCSc1cccc(Cl)c1. The molecule has 4 heteroatoms. The molecule has 1 aromatic rings. The van der Waals surface area contributed by atoms with Crippen molar-refractivity contribution in [3.63, 3.8) is 0 Å². The molecule has 0 aliphatic heterocycles. The lowest BCUT2D eigenvalue weighted by Gasteiger charge is -2.28. The van der Waals surface area contributed by atoms with E-state index >= 15 is 0 Å². The topological polar surface area (TPSA) is 32.3 Å². The third kappa shape index (κ3) is 6.98. The Morgan fingerprint density at radius 2 is 2.15 bits per heavy atom. The smallest absolute Gasteiger partial charge is 0.0610 e. The zero-order valence-electron chi connectivity index (χ0n) is 12.5. The molecular formula is C16H26ClNOS. The van der Waals surface area contributed by atoms with Gasteiger partial charge in [-0.15, -0.1) is 11.8 Å². The summed E-state index contributed by atoms with van der Waals surface area (Å²) in [5.41, 5.74) is -0.128. The Hall–Kier alpha value is -0.220. The summed E-state index contributed by atoms with van der Waals surface area (Å²) in [4.78, 5) is 1.23. The molecule has 0 aliphatic rings. The maximum atomic E-state index is 9.49. The van der Waals surface area contributed by atoms with Gasteiger partial charge in [-0.2, -0.15) is 0 Å². The number of aliphatic hydroxyl groups is 1. The summed E-state index contributed by atoms with van der Waals surface area (Å²) in [6.07, 6.45) is 4.39. The van der Waals surface area contributed by atoms with Gasteiger partial charge in [0.25, 0.3) is 0 Å². The van der Waals surface area contributed by atoms with Crippen molar-refractivity contribution in [2.45, 2.75) is 50.0 Å². The van der Waals surface area contributed by atoms with Crippen molar-refractivity contribution in [3.8, 4) is 0 Å². The first-order valence-corrected chi connectivity index (χ1v) is 8.70. The summed E-state index contributed by atoms with van der Waals surface area (Å²) in [7, 11) is 0. The van der Waals surface area contributed by atoms with Crippen LogP contribution in [0.4, 0.5) is 0 Å². The van der Waals surface area contributed by atoms with Crippen LogP contribution in [-0.4, -0.2) is 29.5 Å². The number of rotatable bonds is 10. The van der Waals surface area contributed by atoms with Crippen molar-refractivity contribution in [1.29, 1.82) is 0 Å². The first-order chi connectivity index (χ1) is 9.59. The van der Waals surface area contributed by atoms with Gasteiger partial charge in [-0.1, -0.05) is 31.0 Å². The number of aliphatic hydroxyl groups excluding tert-OH is 1. The van der Waals surface area contributed by atoms with E-state index in [0.717, 1.165) is 43.0 Å². The lowest BCUT2D eigenvalue weighted by molar-refractivity contribution is 0.163. The normalized spacial score (nSPS) is 14.2. The van der Waals surface area contributed by atoms with E-state index in [2.05, 4.69) is 25.2 Å². The largest absolute Gasteiger partial charge is 0.394 e. The van der Waals surface area contributed by atoms with Crippen molar-refractivity contribution in [2.24, 2.45) is 0 Å². The van der Waals surface area contributed by atoms with Crippen LogP contribution in [0.5, 0.6) is 0 Å². The maximum absolute atomic E-state index is 9.49. The summed E-state index contributed by atoms with van der Waals surface area (Å²) in [6, 6.07) is 7.99. The van der Waals surface area contributed by atoms with Crippen molar-refractivity contribution in [2.75, 3.05) is 18.9 Å². The molecule has 2 N–H and O–H groups in total. The highest BCUT2D eigenvalue weighted by molar-refractivity contribution is 7.99. The number of nitrogens with one attached hydrogen (secondary N) is 1. The highest BCUT2D eigenvalue weighted by atomic mass is 35.5. The predicted octanol–water partition coefficient (Wildman–Crippen LogP) is 4.35. The van der Waals surface area contributed by atoms with Crippen LogP contribution < -0.4 is 5.32 Å². The molecule has 0 spiro atoms. The average Bonchev–Trinajstić information content (AvgIpc) is 2.45. The van der Waals surface area contributed by atoms with Gasteiger partial charge < -0.3 is 10.4 Å². The molecule has 0 aliphatic carbocycles. The highest BCUT2D eigenvalue weighted by Crippen LogP contribution is 2.23. The van der Waals surface area contributed by atoms with Gasteiger partial charge in [0.15, 0.2) is 0 Å². The zero-order chi connectivity index (χ0) is 14.8. The molecule has 2 nitrogen and oxygen atoms in total. The molecule has 0 aromatic heterocycles. The minimum atomic E-state index is -0.128. The van der Waals surface area contributed by atoms with Crippen molar-refractivity contribution < 1.29 is 5.11 Å². The predicted molar refractivity (Wildman–Crippen MR) is 89.8 cm³/mol. The van der Waals surface area contributed by atoms with Gasteiger partial charge in [0.1, 0.15) is 0 Å². The second-order valence-electron chi connectivity index (χ2n) is 5.41. The molecule has 0 radical (unpaired) electrons. The van der Waals surface area contributed by atoms with Crippen LogP contribution in [0.3, 0.4) is 0 Å². The van der Waals surface area contributed by atoms with Gasteiger partial charge in [0.05, 0.1) is 6.61 Å². The molecule has 114 valence electrons. The molecule has 0 heterocycles. The second-order valence-corrected chi connectivity index (χ2v) is 7.01. The fourth-order valence-electron chi connectivity index (χ4n) is 2.01. The van der Waals surface area contributed by atoms with E-state index in [1.807, 2.05) is 30.0 Å². The molecule has 1 aromatic carbocycles. The van der Waals surface area contributed by atoms with Gasteiger partial charge in [0, 0.05) is 15.5 Å². The van der Waals surface area contributed by atoms with Gasteiger partial charge in [-0.05, 0) is 56.7 Å². The maximum Gasteiger partial charge on any atom is 0.0610 e. The van der Waals surface area contributed by atoms with Crippen molar-refractivity contribution in [1.82, 2.24) is 5.32 Å². The number of benzene rings is 1. The van der Waals surface area contributed by atoms with Crippen molar-refractivity contribution >= 4 is 23.4 Å². The molecular weight excluding hydrogens is 290 g/mol. The summed E-state index contributed by atoms with van der Waals surface area (Å²) in [6.45, 7) is 5.42. The van der Waals surface area contributed by atoms with Crippen LogP contribution in [0, 0.1) is 0 Å². The van der Waals surface area contributed by atoms with E-state index in [9.17, 15) is 5.11 Å². The fraction of sp³-hybridized carbons (Fsp3) is 0.625. The molecule has 1 unspecified atom stereocenters. The number of hydrogen-bond acceptors (Lipinski definition) is 3. The number of halogens is 1. The van der Waals surface area contributed by atoms with E-state index in [0.29, 0.717) is 0 Å². The quantitative estimate of drug-likeness (QED) is 0.497. The fourth-order valence-corrected chi connectivity index (χ4v) is 3.24. The Kier molecular flexibility index (Phi) is 8.62.